The van der Waals surface area contributed by atoms with Gasteiger partial charge in [-0.15, -0.1) is 0 Å². The Balaban J connectivity index is 2.23. The van der Waals surface area contributed by atoms with Gasteiger partial charge in [-0.1, -0.05) is 38.5 Å². The zero-order valence-corrected chi connectivity index (χ0v) is 18.6. The van der Waals surface area contributed by atoms with Crippen molar-refractivity contribution in [1.82, 2.24) is 20.9 Å². The van der Waals surface area contributed by atoms with Crippen molar-refractivity contribution in [3.05, 3.63) is 36.0 Å². The SMILES string of the molecule is CCC(C)C(N)C(=O)NC(Cc1c[nH]c2ccccc12)C(=O)NC(CO)C(=O)NCC(=O)O. The van der Waals surface area contributed by atoms with Gasteiger partial charge in [0.1, 0.15) is 18.6 Å². The molecule has 4 unspecified atom stereocenters. The van der Waals surface area contributed by atoms with Crippen molar-refractivity contribution in [1.29, 1.82) is 0 Å². The van der Waals surface area contributed by atoms with E-state index in [0.717, 1.165) is 16.5 Å². The Morgan fingerprint density at radius 1 is 1.06 bits per heavy atom. The van der Waals surface area contributed by atoms with Gasteiger partial charge in [-0.2, -0.15) is 0 Å². The van der Waals surface area contributed by atoms with Crippen molar-refractivity contribution in [2.45, 2.75) is 44.8 Å². The maximum Gasteiger partial charge on any atom is 0.322 e. The molecule has 0 aliphatic rings. The van der Waals surface area contributed by atoms with Crippen LogP contribution in [0.15, 0.2) is 30.5 Å². The Hall–Kier alpha value is -3.44. The van der Waals surface area contributed by atoms with E-state index in [1.54, 1.807) is 6.20 Å². The average molecular weight is 462 g/mol. The van der Waals surface area contributed by atoms with E-state index in [1.807, 2.05) is 38.1 Å². The van der Waals surface area contributed by atoms with Gasteiger partial charge >= 0.3 is 5.97 Å². The Morgan fingerprint density at radius 2 is 1.73 bits per heavy atom. The second-order valence-corrected chi connectivity index (χ2v) is 7.89. The van der Waals surface area contributed by atoms with E-state index in [9.17, 15) is 24.3 Å². The molecule has 0 fully saturated rings. The number of aromatic nitrogens is 1. The van der Waals surface area contributed by atoms with Gasteiger partial charge in [0.05, 0.1) is 12.6 Å². The molecule has 2 rings (SSSR count). The number of nitrogens with two attached hydrogens (primary N) is 1. The van der Waals surface area contributed by atoms with Gasteiger partial charge in [0.2, 0.25) is 17.7 Å². The topological polar surface area (TPSA) is 187 Å². The molecule has 2 aromatic rings. The first-order valence-electron chi connectivity index (χ1n) is 10.7. The number of amides is 3. The Bertz CT molecular complexity index is 991. The lowest BCUT2D eigenvalue weighted by atomic mass is 9.98. The second-order valence-electron chi connectivity index (χ2n) is 7.89. The molecule has 0 aliphatic heterocycles. The van der Waals surface area contributed by atoms with E-state index in [0.29, 0.717) is 6.42 Å². The van der Waals surface area contributed by atoms with E-state index in [2.05, 4.69) is 20.9 Å². The molecular formula is C22H31N5O6. The number of nitrogens with one attached hydrogen (secondary N) is 4. The number of para-hydroxylation sites is 1. The van der Waals surface area contributed by atoms with Crippen molar-refractivity contribution in [3.8, 4) is 0 Å². The summed E-state index contributed by atoms with van der Waals surface area (Å²) in [7, 11) is 0. The first-order chi connectivity index (χ1) is 15.7. The molecule has 1 aromatic carbocycles. The number of fused-ring (bicyclic) bond motifs is 1. The number of carbonyl (C=O) groups excluding carboxylic acids is 3. The fourth-order valence-corrected chi connectivity index (χ4v) is 3.26. The van der Waals surface area contributed by atoms with Gasteiger partial charge < -0.3 is 36.9 Å². The molecule has 0 saturated carbocycles. The highest BCUT2D eigenvalue weighted by molar-refractivity contribution is 5.94. The molecule has 0 bridgehead atoms. The third kappa shape index (κ3) is 7.02. The number of benzene rings is 1. The van der Waals surface area contributed by atoms with Crippen LogP contribution in [0.3, 0.4) is 0 Å². The highest BCUT2D eigenvalue weighted by atomic mass is 16.4. The highest BCUT2D eigenvalue weighted by Crippen LogP contribution is 2.19. The van der Waals surface area contributed by atoms with Crippen molar-refractivity contribution in [2.24, 2.45) is 11.7 Å². The molecule has 3 amide bonds. The lowest BCUT2D eigenvalue weighted by molar-refractivity contribution is -0.139. The van der Waals surface area contributed by atoms with Crippen LogP contribution < -0.4 is 21.7 Å². The summed E-state index contributed by atoms with van der Waals surface area (Å²) in [5, 5.41) is 26.2. The summed E-state index contributed by atoms with van der Waals surface area (Å²) in [5.41, 5.74) is 7.64. The minimum absolute atomic E-state index is 0.101. The normalized spacial score (nSPS) is 14.7. The first kappa shape index (κ1) is 25.8. The maximum atomic E-state index is 13.0. The zero-order valence-electron chi connectivity index (χ0n) is 18.6. The standard InChI is InChI=1S/C22H31N5O6/c1-3-12(2)19(23)22(33)26-16(8-13-9-24-15-7-5-4-6-14(13)15)21(32)27-17(11-28)20(31)25-10-18(29)30/h4-7,9,12,16-17,19,24,28H,3,8,10-11,23H2,1-2H3,(H,25,31)(H,26,33)(H,27,32)(H,29,30). The number of rotatable bonds is 12. The Morgan fingerprint density at radius 3 is 2.36 bits per heavy atom. The van der Waals surface area contributed by atoms with Crippen LogP contribution in [0.2, 0.25) is 0 Å². The summed E-state index contributed by atoms with van der Waals surface area (Å²) in [5.74, 6) is -3.47. The lowest BCUT2D eigenvalue weighted by Crippen LogP contribution is -2.58. The summed E-state index contributed by atoms with van der Waals surface area (Å²) in [6.45, 7) is 2.31. The van der Waals surface area contributed by atoms with Gasteiger partial charge in [0.25, 0.3) is 0 Å². The van der Waals surface area contributed by atoms with Crippen LogP contribution in [0, 0.1) is 5.92 Å². The smallest absolute Gasteiger partial charge is 0.322 e. The van der Waals surface area contributed by atoms with Crippen LogP contribution in [0.1, 0.15) is 25.8 Å². The Labute approximate surface area is 191 Å². The van der Waals surface area contributed by atoms with Crippen molar-refractivity contribution >= 4 is 34.6 Å². The summed E-state index contributed by atoms with van der Waals surface area (Å²) >= 11 is 0. The molecular weight excluding hydrogens is 430 g/mol. The summed E-state index contributed by atoms with van der Waals surface area (Å²) < 4.78 is 0. The number of hydrogen-bond donors (Lipinski definition) is 7. The quantitative estimate of drug-likeness (QED) is 0.216. The molecule has 1 aromatic heterocycles. The molecule has 180 valence electrons. The van der Waals surface area contributed by atoms with Crippen LogP contribution in [-0.4, -0.2) is 70.2 Å². The molecule has 4 atom stereocenters. The number of hydrogen-bond acceptors (Lipinski definition) is 6. The number of carboxylic acid groups (broad SMARTS) is 1. The van der Waals surface area contributed by atoms with E-state index in [-0.39, 0.29) is 12.3 Å². The second kappa shape index (κ2) is 12.0. The first-order valence-corrected chi connectivity index (χ1v) is 10.7. The predicted molar refractivity (Wildman–Crippen MR) is 121 cm³/mol. The van der Waals surface area contributed by atoms with Crippen molar-refractivity contribution in [2.75, 3.05) is 13.2 Å². The number of aliphatic carboxylic acids is 1. The number of carbonyl (C=O) groups is 4. The lowest BCUT2D eigenvalue weighted by Gasteiger charge is -2.24. The highest BCUT2D eigenvalue weighted by Gasteiger charge is 2.30. The van der Waals surface area contributed by atoms with Gasteiger partial charge in [0, 0.05) is 23.5 Å². The molecule has 11 heteroatoms. The average Bonchev–Trinajstić information content (AvgIpc) is 3.21. The van der Waals surface area contributed by atoms with E-state index >= 15 is 0 Å². The molecule has 33 heavy (non-hydrogen) atoms. The van der Waals surface area contributed by atoms with Crippen LogP contribution in [-0.2, 0) is 25.6 Å². The third-order valence-electron chi connectivity index (χ3n) is 5.52. The Kier molecular flexibility index (Phi) is 9.37. The maximum absolute atomic E-state index is 13.0. The molecule has 0 aliphatic carbocycles. The molecule has 0 saturated heterocycles. The monoisotopic (exact) mass is 461 g/mol. The van der Waals surface area contributed by atoms with Crippen LogP contribution >= 0.6 is 0 Å². The summed E-state index contributed by atoms with van der Waals surface area (Å²) in [6, 6.07) is 4.15. The fourth-order valence-electron chi connectivity index (χ4n) is 3.26. The van der Waals surface area contributed by atoms with E-state index in [4.69, 9.17) is 10.8 Å². The minimum Gasteiger partial charge on any atom is -0.480 e. The largest absolute Gasteiger partial charge is 0.480 e. The number of carboxylic acids is 1. The summed E-state index contributed by atoms with van der Waals surface area (Å²) in [4.78, 5) is 51.6. The minimum atomic E-state index is -1.39. The van der Waals surface area contributed by atoms with Gasteiger partial charge in [-0.3, -0.25) is 19.2 Å². The van der Waals surface area contributed by atoms with Gasteiger partial charge in [-0.25, -0.2) is 0 Å². The van der Waals surface area contributed by atoms with Gasteiger partial charge in [0.15, 0.2) is 0 Å². The fraction of sp³-hybridized carbons (Fsp3) is 0.455. The van der Waals surface area contributed by atoms with Crippen LogP contribution in [0.25, 0.3) is 10.9 Å². The number of aliphatic hydroxyl groups excluding tert-OH is 1. The number of aliphatic hydroxyl groups is 1. The van der Waals surface area contributed by atoms with Crippen molar-refractivity contribution < 1.29 is 29.4 Å². The third-order valence-corrected chi connectivity index (χ3v) is 5.52. The summed E-state index contributed by atoms with van der Waals surface area (Å²) in [6.07, 6.45) is 2.50. The molecule has 1 heterocycles. The van der Waals surface area contributed by atoms with Gasteiger partial charge in [-0.05, 0) is 17.5 Å². The van der Waals surface area contributed by atoms with Crippen LogP contribution in [0.4, 0.5) is 0 Å². The van der Waals surface area contributed by atoms with Crippen molar-refractivity contribution in [3.63, 3.8) is 0 Å². The molecule has 8 N–H and O–H groups in total. The zero-order chi connectivity index (χ0) is 24.5. The number of aromatic amines is 1. The molecule has 0 spiro atoms. The molecule has 0 radical (unpaired) electrons. The molecule has 11 nitrogen and oxygen atoms in total. The van der Waals surface area contributed by atoms with E-state index < -0.39 is 55.0 Å². The van der Waals surface area contributed by atoms with E-state index in [1.165, 1.54) is 0 Å². The van der Waals surface area contributed by atoms with Crippen LogP contribution in [0.5, 0.6) is 0 Å². The number of H-pyrrole nitrogens is 1. The predicted octanol–water partition coefficient (Wildman–Crippen LogP) is -0.753.